The fourth-order valence-corrected chi connectivity index (χ4v) is 3.89. The highest BCUT2D eigenvalue weighted by Gasteiger charge is 2.31. The second kappa shape index (κ2) is 8.30. The van der Waals surface area contributed by atoms with E-state index in [0.717, 1.165) is 33.9 Å². The van der Waals surface area contributed by atoms with Crippen molar-refractivity contribution >= 4 is 46.8 Å². The molecule has 2 aromatic heterocycles. The van der Waals surface area contributed by atoms with Gasteiger partial charge < -0.3 is 15.5 Å². The molecule has 1 aromatic carbocycles. The molecule has 0 bridgehead atoms. The number of amidine groups is 1. The average molecular weight is 444 g/mol. The van der Waals surface area contributed by atoms with Crippen LogP contribution in [0.1, 0.15) is 16.7 Å². The van der Waals surface area contributed by atoms with Gasteiger partial charge in [0.05, 0.1) is 12.2 Å². The van der Waals surface area contributed by atoms with Crippen molar-refractivity contribution in [2.75, 3.05) is 41.0 Å². The molecule has 3 aromatic rings. The zero-order valence-electron chi connectivity index (χ0n) is 18.1. The van der Waals surface area contributed by atoms with Gasteiger partial charge in [-0.25, -0.2) is 19.2 Å². The monoisotopic (exact) mass is 444 g/mol. The van der Waals surface area contributed by atoms with Crippen LogP contribution >= 0.6 is 0 Å². The fourth-order valence-electron chi connectivity index (χ4n) is 3.89. The van der Waals surface area contributed by atoms with E-state index in [-0.39, 0.29) is 5.69 Å². The van der Waals surface area contributed by atoms with Crippen LogP contribution in [-0.4, -0.2) is 47.0 Å². The minimum absolute atomic E-state index is 0.0580. The number of urea groups is 1. The predicted octanol–water partition coefficient (Wildman–Crippen LogP) is 3.78. The van der Waals surface area contributed by atoms with E-state index in [1.54, 1.807) is 43.7 Å². The van der Waals surface area contributed by atoms with Crippen molar-refractivity contribution in [2.24, 2.45) is 4.99 Å². The van der Waals surface area contributed by atoms with Crippen LogP contribution in [0.2, 0.25) is 0 Å². The zero-order valence-corrected chi connectivity index (χ0v) is 18.1. The zero-order chi connectivity index (χ0) is 22.9. The third kappa shape index (κ3) is 3.86. The number of fused-ring (bicyclic) bond motifs is 3. The Bertz CT molecular complexity index is 1310. The van der Waals surface area contributed by atoms with E-state index in [1.807, 2.05) is 17.9 Å². The Hall–Kier alpha value is -4.34. The number of carbonyl (C=O) groups excluding carboxylic acids is 1. The highest BCUT2D eigenvalue weighted by molar-refractivity contribution is 6.36. The Morgan fingerprint density at radius 2 is 2.06 bits per heavy atom. The first-order valence-corrected chi connectivity index (χ1v) is 10.4. The van der Waals surface area contributed by atoms with Crippen molar-refractivity contribution < 1.29 is 9.18 Å². The summed E-state index contributed by atoms with van der Waals surface area (Å²) in [5.74, 6) is 1.91. The van der Waals surface area contributed by atoms with E-state index in [4.69, 9.17) is 0 Å². The second-order valence-corrected chi connectivity index (χ2v) is 7.58. The normalized spacial score (nSPS) is 14.1. The molecule has 10 heteroatoms. The van der Waals surface area contributed by atoms with Crippen molar-refractivity contribution in [3.05, 3.63) is 65.2 Å². The molecule has 0 spiro atoms. The Morgan fingerprint density at radius 3 is 2.85 bits per heavy atom. The molecule has 0 fully saturated rings. The summed E-state index contributed by atoms with van der Waals surface area (Å²) < 4.78 is 14.7. The van der Waals surface area contributed by atoms with Gasteiger partial charge in [-0.2, -0.15) is 4.98 Å². The summed E-state index contributed by atoms with van der Waals surface area (Å²) in [6, 6.07) is 7.58. The Balaban J connectivity index is 1.51. The number of halogens is 1. The van der Waals surface area contributed by atoms with Gasteiger partial charge in [0.1, 0.15) is 23.3 Å². The average Bonchev–Trinajstić information content (AvgIpc) is 3.31. The highest BCUT2D eigenvalue weighted by Crippen LogP contribution is 2.37. The highest BCUT2D eigenvalue weighted by atomic mass is 19.1. The number of hydrogen-bond acceptors (Lipinski definition) is 7. The van der Waals surface area contributed by atoms with Gasteiger partial charge in [-0.15, -0.1) is 0 Å². The van der Waals surface area contributed by atoms with Crippen LogP contribution in [0.25, 0.3) is 11.6 Å². The number of nitrogens with zero attached hydrogens (tertiary/aromatic N) is 5. The third-order valence-electron chi connectivity index (χ3n) is 5.42. The largest absolute Gasteiger partial charge is 0.357 e. The molecule has 9 nitrogen and oxygen atoms in total. The van der Waals surface area contributed by atoms with Crippen molar-refractivity contribution in [1.29, 1.82) is 0 Å². The van der Waals surface area contributed by atoms with Crippen molar-refractivity contribution in [1.82, 2.24) is 15.0 Å². The van der Waals surface area contributed by atoms with Crippen LogP contribution in [0.4, 0.5) is 32.5 Å². The van der Waals surface area contributed by atoms with E-state index in [1.165, 1.54) is 6.07 Å². The lowest BCUT2D eigenvalue weighted by Crippen LogP contribution is -2.32. The number of aromatic nitrogens is 3. The summed E-state index contributed by atoms with van der Waals surface area (Å²) >= 11 is 0. The molecule has 0 radical (unpaired) electrons. The molecule has 3 N–H and O–H groups in total. The first kappa shape index (κ1) is 20.6. The minimum atomic E-state index is -0.585. The maximum Gasteiger partial charge on any atom is 0.324 e. The van der Waals surface area contributed by atoms with E-state index in [0.29, 0.717) is 24.9 Å². The van der Waals surface area contributed by atoms with E-state index < -0.39 is 11.8 Å². The fraction of sp³-hybridized carbons (Fsp3) is 0.174. The number of pyridine rings is 1. The lowest BCUT2D eigenvalue weighted by molar-refractivity contribution is 0.262. The molecule has 0 atom stereocenters. The molecule has 0 unspecified atom stereocenters. The van der Waals surface area contributed by atoms with Gasteiger partial charge >= 0.3 is 6.03 Å². The summed E-state index contributed by atoms with van der Waals surface area (Å²) in [5.41, 5.74) is 3.21. The van der Waals surface area contributed by atoms with Crippen LogP contribution in [0.3, 0.4) is 0 Å². The van der Waals surface area contributed by atoms with Crippen LogP contribution in [0.15, 0.2) is 47.7 Å². The lowest BCUT2D eigenvalue weighted by Gasteiger charge is -2.28. The van der Waals surface area contributed by atoms with Crippen LogP contribution < -0.4 is 20.9 Å². The quantitative estimate of drug-likeness (QED) is 0.565. The SMILES string of the molecule is CNc1ncc2c(n1)N1CCN=C1C(c1cc(NC(=O)Nc3ccccn3)c(F)cc1C)=C2. The van der Waals surface area contributed by atoms with Gasteiger partial charge in [0.2, 0.25) is 5.95 Å². The smallest absolute Gasteiger partial charge is 0.324 e. The molecule has 2 aliphatic heterocycles. The first-order chi connectivity index (χ1) is 16.0. The van der Waals surface area contributed by atoms with Gasteiger partial charge in [-0.05, 0) is 48.4 Å². The van der Waals surface area contributed by atoms with Gasteiger partial charge in [0, 0.05) is 37.1 Å². The summed E-state index contributed by atoms with van der Waals surface area (Å²) in [7, 11) is 1.77. The molecule has 2 amide bonds. The van der Waals surface area contributed by atoms with Crippen molar-refractivity contribution in [3.63, 3.8) is 0 Å². The van der Waals surface area contributed by atoms with Gasteiger partial charge in [0.15, 0.2) is 0 Å². The number of nitrogens with one attached hydrogen (secondary N) is 3. The van der Waals surface area contributed by atoms with Crippen molar-refractivity contribution in [3.8, 4) is 0 Å². The number of rotatable bonds is 4. The molecular weight excluding hydrogens is 423 g/mol. The number of aryl methyl sites for hydroxylation is 1. The number of aliphatic imine (C=N–C) groups is 1. The molecule has 5 rings (SSSR count). The molecule has 166 valence electrons. The van der Waals surface area contributed by atoms with Crippen molar-refractivity contribution in [2.45, 2.75) is 6.92 Å². The molecule has 0 aliphatic carbocycles. The third-order valence-corrected chi connectivity index (χ3v) is 5.42. The number of amides is 2. The van der Waals surface area contributed by atoms with E-state index in [2.05, 4.69) is 35.9 Å². The van der Waals surface area contributed by atoms with Gasteiger partial charge in [-0.1, -0.05) is 6.07 Å². The number of benzene rings is 1. The summed E-state index contributed by atoms with van der Waals surface area (Å²) in [6.07, 6.45) is 5.26. The molecule has 0 saturated heterocycles. The van der Waals surface area contributed by atoms with Gasteiger partial charge in [-0.3, -0.25) is 10.3 Å². The Morgan fingerprint density at radius 1 is 1.18 bits per heavy atom. The molecular formula is C23H21FN8O. The standard InChI is InChI=1S/C23H21FN8O/c1-13-9-17(24)18(29-23(33)30-19-5-3-4-6-26-19)11-15(13)16-10-14-12-28-22(25-2)31-20(14)32-8-7-27-21(16)32/h3-6,9-12H,7-8H2,1-2H3,(H,25,28,31)(H2,26,29,30,33). The van der Waals surface area contributed by atoms with Gasteiger partial charge in [0.25, 0.3) is 0 Å². The minimum Gasteiger partial charge on any atom is -0.357 e. The number of hydrogen-bond donors (Lipinski definition) is 3. The summed E-state index contributed by atoms with van der Waals surface area (Å²) in [6.45, 7) is 3.15. The predicted molar refractivity (Wildman–Crippen MR) is 127 cm³/mol. The maximum atomic E-state index is 14.7. The first-order valence-electron chi connectivity index (χ1n) is 10.4. The molecule has 0 saturated carbocycles. The Labute approximate surface area is 189 Å². The van der Waals surface area contributed by atoms with Crippen LogP contribution in [0, 0.1) is 12.7 Å². The second-order valence-electron chi connectivity index (χ2n) is 7.58. The summed E-state index contributed by atoms with van der Waals surface area (Å²) in [5, 5.41) is 8.13. The molecule has 33 heavy (non-hydrogen) atoms. The maximum absolute atomic E-state index is 14.7. The Kier molecular flexibility index (Phi) is 5.17. The summed E-state index contributed by atoms with van der Waals surface area (Å²) in [4.78, 5) is 32.1. The molecule has 4 heterocycles. The van der Waals surface area contributed by atoms with E-state index in [9.17, 15) is 9.18 Å². The molecule has 2 aliphatic rings. The number of carbonyl (C=O) groups is 1. The van der Waals surface area contributed by atoms with Crippen LogP contribution in [0.5, 0.6) is 0 Å². The number of anilines is 4. The topological polar surface area (TPSA) is 107 Å². The van der Waals surface area contributed by atoms with E-state index >= 15 is 0 Å². The lowest BCUT2D eigenvalue weighted by atomic mass is 9.94. The van der Waals surface area contributed by atoms with Crippen LogP contribution in [-0.2, 0) is 0 Å².